The number of rotatable bonds is 19. The zero-order valence-corrected chi connectivity index (χ0v) is 19.3. The minimum Gasteiger partial charge on any atom is -0.550 e. The summed E-state index contributed by atoms with van der Waals surface area (Å²) in [5.74, 6) is -2.08. The highest BCUT2D eigenvalue weighted by Crippen LogP contribution is 2.20. The zero-order chi connectivity index (χ0) is 22.3. The predicted octanol–water partition coefficient (Wildman–Crippen LogP) is 2.58. The molecule has 0 aromatic rings. The van der Waals surface area contributed by atoms with E-state index in [-0.39, 0.29) is 17.4 Å². The highest BCUT2D eigenvalue weighted by molar-refractivity contribution is 5.91. The van der Waals surface area contributed by atoms with Crippen molar-refractivity contribution in [3.05, 3.63) is 0 Å². The number of hydrogen-bond acceptors (Lipinski definition) is 5. The monoisotopic (exact) mass is 415 g/mol. The molecule has 0 saturated heterocycles. The molecule has 0 aliphatic carbocycles. The van der Waals surface area contributed by atoms with E-state index in [1.807, 2.05) is 0 Å². The summed E-state index contributed by atoms with van der Waals surface area (Å²) in [5, 5.41) is 31.7. The smallest absolute Gasteiger partial charge is 0.177 e. The maximum atomic E-state index is 12.5. The Labute approximate surface area is 177 Å². The van der Waals surface area contributed by atoms with Gasteiger partial charge in [-0.1, -0.05) is 77.6 Å². The van der Waals surface area contributed by atoms with Crippen LogP contribution in [0.1, 0.15) is 96.8 Å². The maximum Gasteiger partial charge on any atom is 0.177 e. The van der Waals surface area contributed by atoms with Gasteiger partial charge in [-0.3, -0.25) is 4.79 Å². The molecule has 0 heterocycles. The van der Waals surface area contributed by atoms with E-state index in [1.165, 1.54) is 51.4 Å². The fourth-order valence-electron chi connectivity index (χ4n) is 3.82. The molecule has 0 radical (unpaired) electrons. The standard InChI is InChI=1S/C23H45NO5/c1-5-6-7-8-9-10-11-12-13-14-15-16-20(25)17-21(26)23(29,18-22(27)28)19-24(2,3)4/h20,25,29H,5-19H2,1-4H3/t20?,23-/m1/s1. The number of aliphatic carboxylic acids is 1. The van der Waals surface area contributed by atoms with Gasteiger partial charge in [0.1, 0.15) is 6.54 Å². The van der Waals surface area contributed by atoms with Gasteiger partial charge >= 0.3 is 0 Å². The van der Waals surface area contributed by atoms with Crippen LogP contribution in [0.2, 0.25) is 0 Å². The minimum absolute atomic E-state index is 0.0367. The van der Waals surface area contributed by atoms with E-state index in [4.69, 9.17) is 0 Å². The molecule has 0 bridgehead atoms. The first kappa shape index (κ1) is 28.0. The predicted molar refractivity (Wildman–Crippen MR) is 114 cm³/mol. The average Bonchev–Trinajstić information content (AvgIpc) is 2.57. The fraction of sp³-hybridized carbons (Fsp3) is 0.913. The van der Waals surface area contributed by atoms with E-state index in [0.29, 0.717) is 6.42 Å². The van der Waals surface area contributed by atoms with Gasteiger partial charge < -0.3 is 24.6 Å². The summed E-state index contributed by atoms with van der Waals surface area (Å²) in [5.41, 5.74) is -2.00. The topological polar surface area (TPSA) is 97.7 Å². The molecule has 0 aromatic carbocycles. The number of unbranched alkanes of at least 4 members (excludes halogenated alkanes) is 10. The van der Waals surface area contributed by atoms with Crippen molar-refractivity contribution in [2.75, 3.05) is 27.7 Å². The van der Waals surface area contributed by atoms with Crippen LogP contribution in [0.5, 0.6) is 0 Å². The zero-order valence-electron chi connectivity index (χ0n) is 19.3. The van der Waals surface area contributed by atoms with Crippen molar-refractivity contribution in [2.24, 2.45) is 0 Å². The van der Waals surface area contributed by atoms with E-state index >= 15 is 0 Å². The van der Waals surface area contributed by atoms with Gasteiger partial charge in [0, 0.05) is 18.8 Å². The number of Topliss-reactive ketones (excluding diaryl/α,β-unsaturated/α-hetero) is 1. The Bertz CT molecular complexity index is 461. The summed E-state index contributed by atoms with van der Waals surface area (Å²) in [6.07, 6.45) is 12.1. The number of aliphatic hydroxyl groups is 2. The number of likely N-dealkylation sites (N-methyl/N-ethyl adjacent to an activating group) is 1. The molecule has 29 heavy (non-hydrogen) atoms. The first-order valence-electron chi connectivity index (χ1n) is 11.4. The lowest BCUT2D eigenvalue weighted by Gasteiger charge is -2.35. The molecule has 1 unspecified atom stereocenters. The van der Waals surface area contributed by atoms with Crippen molar-refractivity contribution in [3.63, 3.8) is 0 Å². The van der Waals surface area contributed by atoms with Gasteiger partial charge in [-0.05, 0) is 6.42 Å². The van der Waals surface area contributed by atoms with E-state index in [0.717, 1.165) is 19.3 Å². The number of hydrogen-bond donors (Lipinski definition) is 2. The number of carboxylic acid groups (broad SMARTS) is 1. The second-order valence-electron chi connectivity index (χ2n) is 9.63. The Morgan fingerprint density at radius 1 is 0.897 bits per heavy atom. The molecular formula is C23H45NO5. The molecule has 2 atom stereocenters. The van der Waals surface area contributed by atoms with Gasteiger partial charge in [0.15, 0.2) is 11.4 Å². The number of carbonyl (C=O) groups is 2. The lowest BCUT2D eigenvalue weighted by Crippen LogP contribution is -2.56. The number of carbonyl (C=O) groups excluding carboxylic acids is 2. The highest BCUT2D eigenvalue weighted by Gasteiger charge is 2.41. The first-order valence-corrected chi connectivity index (χ1v) is 11.4. The molecule has 0 saturated carbocycles. The largest absolute Gasteiger partial charge is 0.550 e. The SMILES string of the molecule is CCCCCCCCCCCCCC(O)CC(=O)[C@@](O)(CC(=O)[O-])C[N+](C)(C)C. The van der Waals surface area contributed by atoms with Crippen molar-refractivity contribution in [3.8, 4) is 0 Å². The molecule has 0 rings (SSSR count). The average molecular weight is 416 g/mol. The van der Waals surface area contributed by atoms with E-state index in [1.54, 1.807) is 21.1 Å². The Hall–Kier alpha value is -0.980. The van der Waals surface area contributed by atoms with Crippen LogP contribution in [-0.4, -0.2) is 65.8 Å². The molecule has 2 N–H and O–H groups in total. The second-order valence-corrected chi connectivity index (χ2v) is 9.63. The van der Waals surface area contributed by atoms with Crippen LogP contribution in [0.25, 0.3) is 0 Å². The Morgan fingerprint density at radius 3 is 1.76 bits per heavy atom. The van der Waals surface area contributed by atoms with Crippen LogP contribution in [-0.2, 0) is 9.59 Å². The normalized spacial score (nSPS) is 15.1. The molecule has 6 heteroatoms. The summed E-state index contributed by atoms with van der Waals surface area (Å²) in [6, 6.07) is 0. The summed E-state index contributed by atoms with van der Waals surface area (Å²) in [7, 11) is 5.32. The van der Waals surface area contributed by atoms with Gasteiger partial charge in [-0.15, -0.1) is 0 Å². The molecule has 0 fully saturated rings. The molecule has 0 amide bonds. The Morgan fingerprint density at radius 2 is 1.34 bits per heavy atom. The maximum absolute atomic E-state index is 12.5. The van der Waals surface area contributed by atoms with Crippen molar-refractivity contribution < 1.29 is 29.4 Å². The third-order valence-electron chi connectivity index (χ3n) is 5.25. The van der Waals surface area contributed by atoms with Crippen molar-refractivity contribution in [2.45, 2.75) is 109 Å². The third-order valence-corrected chi connectivity index (χ3v) is 5.25. The van der Waals surface area contributed by atoms with Crippen LogP contribution in [0.4, 0.5) is 0 Å². The summed E-state index contributed by atoms with van der Waals surface area (Å²) in [4.78, 5) is 23.5. The highest BCUT2D eigenvalue weighted by atomic mass is 16.4. The number of nitrogens with zero attached hydrogens (tertiary/aromatic N) is 1. The summed E-state index contributed by atoms with van der Waals surface area (Å²) >= 11 is 0. The van der Waals surface area contributed by atoms with E-state index < -0.39 is 29.9 Å². The van der Waals surface area contributed by atoms with Crippen molar-refractivity contribution >= 4 is 11.8 Å². The molecule has 0 aliphatic heterocycles. The van der Waals surface area contributed by atoms with Gasteiger partial charge in [-0.25, -0.2) is 0 Å². The molecule has 172 valence electrons. The van der Waals surface area contributed by atoms with Crippen LogP contribution in [0.15, 0.2) is 0 Å². The molecular weight excluding hydrogens is 370 g/mol. The lowest BCUT2D eigenvalue weighted by atomic mass is 9.88. The van der Waals surface area contributed by atoms with Crippen LogP contribution in [0.3, 0.4) is 0 Å². The van der Waals surface area contributed by atoms with Gasteiger partial charge in [0.05, 0.1) is 27.2 Å². The minimum atomic E-state index is -2.00. The lowest BCUT2D eigenvalue weighted by molar-refractivity contribution is -0.875. The van der Waals surface area contributed by atoms with E-state index in [9.17, 15) is 24.9 Å². The fourth-order valence-corrected chi connectivity index (χ4v) is 3.82. The van der Waals surface area contributed by atoms with Gasteiger partial charge in [0.25, 0.3) is 0 Å². The van der Waals surface area contributed by atoms with Crippen molar-refractivity contribution in [1.29, 1.82) is 0 Å². The van der Waals surface area contributed by atoms with Crippen LogP contribution in [0, 0.1) is 0 Å². The molecule has 6 nitrogen and oxygen atoms in total. The molecule has 0 spiro atoms. The Balaban J connectivity index is 4.05. The Kier molecular flexibility index (Phi) is 14.4. The number of carboxylic acids is 1. The molecule has 0 aromatic heterocycles. The van der Waals surface area contributed by atoms with Gasteiger partial charge in [0.2, 0.25) is 0 Å². The van der Waals surface area contributed by atoms with Gasteiger partial charge in [-0.2, -0.15) is 0 Å². The number of ketones is 1. The first-order chi connectivity index (χ1) is 13.5. The van der Waals surface area contributed by atoms with Crippen LogP contribution >= 0.6 is 0 Å². The van der Waals surface area contributed by atoms with Crippen molar-refractivity contribution in [1.82, 2.24) is 0 Å². The van der Waals surface area contributed by atoms with E-state index in [2.05, 4.69) is 6.92 Å². The summed E-state index contributed by atoms with van der Waals surface area (Å²) < 4.78 is 0.240. The van der Waals surface area contributed by atoms with Crippen LogP contribution < -0.4 is 5.11 Å². The summed E-state index contributed by atoms with van der Waals surface area (Å²) in [6.45, 7) is 2.19. The quantitative estimate of drug-likeness (QED) is 0.250. The number of aliphatic hydroxyl groups excluding tert-OH is 1. The third kappa shape index (κ3) is 15.5. The number of quaternary nitrogens is 1. The second kappa shape index (κ2) is 14.9. The molecule has 0 aliphatic rings.